The largest absolute Gasteiger partial charge is 0.181 e. The van der Waals surface area contributed by atoms with Gasteiger partial charge in [0.15, 0.2) is 0 Å². The summed E-state index contributed by atoms with van der Waals surface area (Å²) in [6.45, 7) is 0.959. The first-order valence-electron chi connectivity index (χ1n) is 3.12. The Morgan fingerprint density at radius 1 is 1.22 bits per heavy atom. The molecule has 0 heterocycles. The summed E-state index contributed by atoms with van der Waals surface area (Å²) in [5.41, 5.74) is 1.33. The van der Waals surface area contributed by atoms with E-state index in [-0.39, 0.29) is 0 Å². The molecule has 0 aliphatic heterocycles. The van der Waals surface area contributed by atoms with Gasteiger partial charge in [0.1, 0.15) is 13.6 Å². The zero-order valence-electron chi connectivity index (χ0n) is 5.59. The lowest BCUT2D eigenvalue weighted by atomic mass is 10.2. The second-order valence-corrected chi connectivity index (χ2v) is 2.02. The molecule has 1 nitrogen and oxygen atoms in total. The van der Waals surface area contributed by atoms with Crippen molar-refractivity contribution in [2.75, 3.05) is 7.05 Å². The van der Waals surface area contributed by atoms with E-state index in [2.05, 4.69) is 17.4 Å². The van der Waals surface area contributed by atoms with Crippen molar-refractivity contribution in [3.63, 3.8) is 0 Å². The van der Waals surface area contributed by atoms with Crippen molar-refractivity contribution in [3.8, 4) is 0 Å². The number of nitrogens with one attached hydrogen (secondary N) is 1. The van der Waals surface area contributed by atoms with Gasteiger partial charge in [0.2, 0.25) is 0 Å². The van der Waals surface area contributed by atoms with Crippen LogP contribution in [0.4, 0.5) is 0 Å². The molecule has 0 aliphatic carbocycles. The molecule has 1 heteroatoms. The predicted octanol–water partition coefficient (Wildman–Crippen LogP) is 0.166. The van der Waals surface area contributed by atoms with Gasteiger partial charge in [-0.2, -0.15) is 5.32 Å². The molecular formula is C8H11N+. The highest BCUT2D eigenvalue weighted by Crippen LogP contribution is 1.93. The molecule has 47 valence electrons. The van der Waals surface area contributed by atoms with E-state index < -0.39 is 0 Å². The molecule has 1 rings (SSSR count). The van der Waals surface area contributed by atoms with Crippen LogP contribution in [0.2, 0.25) is 0 Å². The van der Waals surface area contributed by atoms with E-state index in [1.54, 1.807) is 0 Å². The zero-order valence-corrected chi connectivity index (χ0v) is 5.59. The minimum absolute atomic E-state index is 0.959. The highest BCUT2D eigenvalue weighted by molar-refractivity contribution is 5.12. The van der Waals surface area contributed by atoms with E-state index in [0.717, 1.165) is 6.54 Å². The van der Waals surface area contributed by atoms with Crippen LogP contribution in [0.25, 0.3) is 0 Å². The van der Waals surface area contributed by atoms with Crippen LogP contribution in [-0.2, 0) is 6.54 Å². The quantitative estimate of drug-likeness (QED) is 0.574. The summed E-state index contributed by atoms with van der Waals surface area (Å²) in [4.78, 5) is 0. The molecule has 0 aliphatic rings. The van der Waals surface area contributed by atoms with Crippen molar-refractivity contribution < 1.29 is 5.32 Å². The molecule has 0 saturated heterocycles. The van der Waals surface area contributed by atoms with Crippen LogP contribution in [-0.4, -0.2) is 7.05 Å². The Labute approximate surface area is 55.7 Å². The van der Waals surface area contributed by atoms with Gasteiger partial charge in [-0.25, -0.2) is 0 Å². The van der Waals surface area contributed by atoms with E-state index in [4.69, 9.17) is 0 Å². The summed E-state index contributed by atoms with van der Waals surface area (Å²) in [7, 11) is 1.95. The lowest BCUT2D eigenvalue weighted by Gasteiger charge is -1.89. The molecular weight excluding hydrogens is 110 g/mol. The van der Waals surface area contributed by atoms with E-state index >= 15 is 0 Å². The fourth-order valence-electron chi connectivity index (χ4n) is 0.800. The first kappa shape index (κ1) is 6.30. The molecule has 0 spiro atoms. The van der Waals surface area contributed by atoms with Gasteiger partial charge >= 0.3 is 0 Å². The average molecular weight is 121 g/mol. The van der Waals surface area contributed by atoms with Crippen LogP contribution in [0.3, 0.4) is 0 Å². The van der Waals surface area contributed by atoms with E-state index in [1.807, 2.05) is 25.2 Å². The summed E-state index contributed by atoms with van der Waals surface area (Å²) in [6, 6.07) is 10.3. The molecule has 9 heavy (non-hydrogen) atoms. The fourth-order valence-corrected chi connectivity index (χ4v) is 0.800. The summed E-state index contributed by atoms with van der Waals surface area (Å²) in [5.74, 6) is 0. The molecule has 0 amide bonds. The molecule has 1 N–H and O–H groups in total. The lowest BCUT2D eigenvalue weighted by Crippen LogP contribution is -2.77. The van der Waals surface area contributed by atoms with E-state index in [0.29, 0.717) is 0 Å². The maximum absolute atomic E-state index is 3.08. The highest BCUT2D eigenvalue weighted by atomic mass is 14.8. The van der Waals surface area contributed by atoms with Gasteiger partial charge in [0.25, 0.3) is 0 Å². The number of hydrogen-bond donors (Lipinski definition) is 1. The van der Waals surface area contributed by atoms with Crippen molar-refractivity contribution >= 4 is 0 Å². The van der Waals surface area contributed by atoms with Crippen LogP contribution < -0.4 is 5.32 Å². The van der Waals surface area contributed by atoms with Crippen LogP contribution in [0, 0.1) is 0 Å². The lowest BCUT2D eigenvalue weighted by molar-refractivity contribution is -0.643. The Hall–Kier alpha value is -0.820. The van der Waals surface area contributed by atoms with E-state index in [9.17, 15) is 0 Å². The van der Waals surface area contributed by atoms with Crippen LogP contribution >= 0.6 is 0 Å². The van der Waals surface area contributed by atoms with Crippen molar-refractivity contribution in [3.05, 3.63) is 35.9 Å². The fraction of sp³-hybridized carbons (Fsp3) is 0.250. The van der Waals surface area contributed by atoms with Gasteiger partial charge in [-0.05, 0) is 0 Å². The summed E-state index contributed by atoms with van der Waals surface area (Å²) in [6.07, 6.45) is 0. The Morgan fingerprint density at radius 2 is 1.89 bits per heavy atom. The topological polar surface area (TPSA) is 15.6 Å². The van der Waals surface area contributed by atoms with Crippen LogP contribution in [0.15, 0.2) is 30.3 Å². The molecule has 1 aromatic carbocycles. The van der Waals surface area contributed by atoms with Gasteiger partial charge in [-0.3, -0.25) is 0 Å². The third-order valence-corrected chi connectivity index (χ3v) is 1.22. The molecule has 0 saturated carbocycles. The minimum Gasteiger partial charge on any atom is -0.181 e. The zero-order chi connectivity index (χ0) is 6.53. The Kier molecular flexibility index (Phi) is 2.28. The average Bonchev–Trinajstić information content (AvgIpc) is 1.91. The Morgan fingerprint density at radius 3 is 2.44 bits per heavy atom. The smallest absolute Gasteiger partial charge is 0.146 e. The number of hydrogen-bond acceptors (Lipinski definition) is 1. The minimum atomic E-state index is 0.959. The first-order chi connectivity index (χ1) is 4.43. The third-order valence-electron chi connectivity index (χ3n) is 1.22. The summed E-state index contributed by atoms with van der Waals surface area (Å²) < 4.78 is 0. The normalized spacial score (nSPS) is 9.44. The maximum atomic E-state index is 3.08. The van der Waals surface area contributed by atoms with Gasteiger partial charge < -0.3 is 0 Å². The molecule has 0 bridgehead atoms. The Bertz CT molecular complexity index is 157. The molecule has 1 radical (unpaired) electrons. The Balaban J connectivity index is 2.61. The van der Waals surface area contributed by atoms with Gasteiger partial charge in [-0.1, -0.05) is 30.3 Å². The second-order valence-electron chi connectivity index (χ2n) is 2.02. The molecule has 0 fully saturated rings. The molecule has 1 aromatic rings. The van der Waals surface area contributed by atoms with Crippen molar-refractivity contribution in [2.24, 2.45) is 0 Å². The predicted molar refractivity (Wildman–Crippen MR) is 37.0 cm³/mol. The SMILES string of the molecule is C[NH+]Cc1ccccc1. The van der Waals surface area contributed by atoms with Crippen LogP contribution in [0.5, 0.6) is 0 Å². The standard InChI is InChI=1S/C8H11N/c1-9-7-8-5-3-2-4-6-8/h2-6,9H,7H2,1H3/q+1. The third kappa shape index (κ3) is 1.86. The molecule has 0 aromatic heterocycles. The second kappa shape index (κ2) is 3.25. The number of rotatable bonds is 2. The molecule has 0 unspecified atom stereocenters. The summed E-state index contributed by atoms with van der Waals surface area (Å²) >= 11 is 0. The van der Waals surface area contributed by atoms with E-state index in [1.165, 1.54) is 5.56 Å². The first-order valence-corrected chi connectivity index (χ1v) is 3.12. The maximum Gasteiger partial charge on any atom is 0.146 e. The van der Waals surface area contributed by atoms with Crippen molar-refractivity contribution in [1.29, 1.82) is 0 Å². The summed E-state index contributed by atoms with van der Waals surface area (Å²) in [5, 5.41) is 3.08. The monoisotopic (exact) mass is 121 g/mol. The number of benzene rings is 1. The van der Waals surface area contributed by atoms with Gasteiger partial charge in [0, 0.05) is 5.56 Å². The van der Waals surface area contributed by atoms with Crippen molar-refractivity contribution in [2.45, 2.75) is 6.54 Å². The van der Waals surface area contributed by atoms with Crippen LogP contribution in [0.1, 0.15) is 5.56 Å². The molecule has 0 atom stereocenters. The van der Waals surface area contributed by atoms with Gasteiger partial charge in [0.05, 0.1) is 0 Å². The van der Waals surface area contributed by atoms with Gasteiger partial charge in [-0.15, -0.1) is 0 Å². The van der Waals surface area contributed by atoms with Crippen molar-refractivity contribution in [1.82, 2.24) is 0 Å². The highest BCUT2D eigenvalue weighted by Gasteiger charge is 1.89.